The highest BCUT2D eigenvalue weighted by Crippen LogP contribution is 2.00. The molecule has 0 aliphatic carbocycles. The molecular formula is C10H14N6. The van der Waals surface area contributed by atoms with E-state index < -0.39 is 0 Å². The Kier molecular flexibility index (Phi) is 3.00. The Morgan fingerprint density at radius 3 is 3.06 bits per heavy atom. The number of hydrogen-bond donors (Lipinski definition) is 2. The second-order valence-corrected chi connectivity index (χ2v) is 3.51. The Bertz CT molecular complexity index is 464. The van der Waals surface area contributed by atoms with Crippen molar-refractivity contribution in [3.05, 3.63) is 30.2 Å². The van der Waals surface area contributed by atoms with Gasteiger partial charge in [-0.1, -0.05) is 0 Å². The van der Waals surface area contributed by atoms with E-state index in [-0.39, 0.29) is 0 Å². The molecule has 0 spiro atoms. The van der Waals surface area contributed by atoms with E-state index in [2.05, 4.69) is 20.4 Å². The average molecular weight is 218 g/mol. The van der Waals surface area contributed by atoms with Crippen LogP contribution >= 0.6 is 0 Å². The van der Waals surface area contributed by atoms with Crippen molar-refractivity contribution in [2.45, 2.75) is 13.5 Å². The number of nitrogens with two attached hydrogens (primary N) is 1. The first-order chi connectivity index (χ1) is 7.74. The summed E-state index contributed by atoms with van der Waals surface area (Å²) in [4.78, 5) is 8.08. The number of nitrogens with zero attached hydrogens (tertiary/aromatic N) is 4. The molecule has 0 aliphatic heterocycles. The number of nitrogen functional groups attached to an aromatic ring is 1. The lowest BCUT2D eigenvalue weighted by molar-refractivity contribution is 0.636. The van der Waals surface area contributed by atoms with Gasteiger partial charge in [-0.2, -0.15) is 10.1 Å². The Morgan fingerprint density at radius 2 is 2.38 bits per heavy atom. The van der Waals surface area contributed by atoms with Crippen LogP contribution < -0.4 is 11.1 Å². The molecule has 0 unspecified atom stereocenters. The van der Waals surface area contributed by atoms with Crippen LogP contribution in [0.1, 0.15) is 5.56 Å². The second kappa shape index (κ2) is 4.61. The normalized spacial score (nSPS) is 10.3. The summed E-state index contributed by atoms with van der Waals surface area (Å²) in [6, 6.07) is 1.65. The molecule has 2 heterocycles. The zero-order chi connectivity index (χ0) is 11.4. The van der Waals surface area contributed by atoms with E-state index >= 15 is 0 Å². The van der Waals surface area contributed by atoms with Gasteiger partial charge in [0.1, 0.15) is 5.82 Å². The molecule has 0 fully saturated rings. The molecule has 0 atom stereocenters. The number of aromatic nitrogens is 4. The van der Waals surface area contributed by atoms with Crippen molar-refractivity contribution in [3.63, 3.8) is 0 Å². The van der Waals surface area contributed by atoms with Gasteiger partial charge in [-0.25, -0.2) is 4.98 Å². The van der Waals surface area contributed by atoms with Gasteiger partial charge < -0.3 is 11.1 Å². The SMILES string of the molecule is Cc1cnn(CCNc2nccc(N)n2)c1. The number of anilines is 2. The Morgan fingerprint density at radius 1 is 1.50 bits per heavy atom. The maximum atomic E-state index is 5.54. The molecule has 0 saturated heterocycles. The van der Waals surface area contributed by atoms with Crippen LogP contribution in [0.4, 0.5) is 11.8 Å². The summed E-state index contributed by atoms with van der Waals surface area (Å²) in [5, 5.41) is 7.26. The van der Waals surface area contributed by atoms with Gasteiger partial charge in [-0.15, -0.1) is 0 Å². The van der Waals surface area contributed by atoms with E-state index in [4.69, 9.17) is 5.73 Å². The molecule has 0 aromatic carbocycles. The minimum atomic E-state index is 0.465. The first-order valence-electron chi connectivity index (χ1n) is 5.05. The predicted molar refractivity (Wildman–Crippen MR) is 61.9 cm³/mol. The Hall–Kier alpha value is -2.11. The van der Waals surface area contributed by atoms with Crippen molar-refractivity contribution in [2.75, 3.05) is 17.6 Å². The van der Waals surface area contributed by atoms with Gasteiger partial charge in [0, 0.05) is 18.9 Å². The molecule has 0 bridgehead atoms. The van der Waals surface area contributed by atoms with Crippen LogP contribution in [0.3, 0.4) is 0 Å². The van der Waals surface area contributed by atoms with Gasteiger partial charge >= 0.3 is 0 Å². The minimum absolute atomic E-state index is 0.465. The van der Waals surface area contributed by atoms with Gasteiger partial charge in [-0.05, 0) is 18.6 Å². The van der Waals surface area contributed by atoms with Crippen molar-refractivity contribution in [3.8, 4) is 0 Å². The molecule has 2 aromatic rings. The third kappa shape index (κ3) is 2.69. The highest BCUT2D eigenvalue weighted by Gasteiger charge is 1.97. The van der Waals surface area contributed by atoms with E-state index in [0.29, 0.717) is 18.3 Å². The summed E-state index contributed by atoms with van der Waals surface area (Å²) >= 11 is 0. The summed E-state index contributed by atoms with van der Waals surface area (Å²) in [7, 11) is 0. The number of hydrogen-bond acceptors (Lipinski definition) is 5. The molecule has 3 N–H and O–H groups in total. The number of aryl methyl sites for hydroxylation is 1. The van der Waals surface area contributed by atoms with Crippen LogP contribution in [0.5, 0.6) is 0 Å². The molecule has 0 amide bonds. The van der Waals surface area contributed by atoms with Gasteiger partial charge in [-0.3, -0.25) is 4.68 Å². The average Bonchev–Trinajstić information content (AvgIpc) is 2.64. The monoisotopic (exact) mass is 218 g/mol. The van der Waals surface area contributed by atoms with Crippen LogP contribution in [0.25, 0.3) is 0 Å². The Labute approximate surface area is 93.5 Å². The van der Waals surface area contributed by atoms with E-state index in [0.717, 1.165) is 12.1 Å². The predicted octanol–water partition coefficient (Wildman–Crippen LogP) is 0.676. The Balaban J connectivity index is 1.84. The number of nitrogens with one attached hydrogen (secondary N) is 1. The summed E-state index contributed by atoms with van der Waals surface area (Å²) in [5.41, 5.74) is 6.69. The fourth-order valence-corrected chi connectivity index (χ4v) is 1.33. The van der Waals surface area contributed by atoms with E-state index in [9.17, 15) is 0 Å². The maximum Gasteiger partial charge on any atom is 0.224 e. The van der Waals surface area contributed by atoms with Crippen molar-refractivity contribution >= 4 is 11.8 Å². The summed E-state index contributed by atoms with van der Waals surface area (Å²) in [5.74, 6) is 1.01. The van der Waals surface area contributed by atoms with Gasteiger partial charge in [0.05, 0.1) is 12.7 Å². The molecule has 2 aromatic heterocycles. The molecule has 6 nitrogen and oxygen atoms in total. The summed E-state index contributed by atoms with van der Waals surface area (Å²) in [6.07, 6.45) is 5.45. The lowest BCUT2D eigenvalue weighted by Crippen LogP contribution is -2.12. The zero-order valence-corrected chi connectivity index (χ0v) is 9.09. The summed E-state index contributed by atoms with van der Waals surface area (Å²) in [6.45, 7) is 3.49. The highest BCUT2D eigenvalue weighted by molar-refractivity contribution is 5.34. The van der Waals surface area contributed by atoms with Crippen LogP contribution in [-0.2, 0) is 6.54 Å². The largest absolute Gasteiger partial charge is 0.384 e. The smallest absolute Gasteiger partial charge is 0.224 e. The lowest BCUT2D eigenvalue weighted by atomic mass is 10.4. The van der Waals surface area contributed by atoms with Crippen LogP contribution in [-0.4, -0.2) is 26.3 Å². The van der Waals surface area contributed by atoms with Gasteiger partial charge in [0.15, 0.2) is 0 Å². The molecule has 6 heteroatoms. The molecule has 2 rings (SSSR count). The van der Waals surface area contributed by atoms with Crippen molar-refractivity contribution in [2.24, 2.45) is 0 Å². The van der Waals surface area contributed by atoms with Crippen LogP contribution in [0.15, 0.2) is 24.7 Å². The topological polar surface area (TPSA) is 81.7 Å². The first-order valence-corrected chi connectivity index (χ1v) is 5.05. The molecule has 0 aliphatic rings. The third-order valence-electron chi connectivity index (χ3n) is 2.06. The van der Waals surface area contributed by atoms with Crippen LogP contribution in [0.2, 0.25) is 0 Å². The second-order valence-electron chi connectivity index (χ2n) is 3.51. The number of rotatable bonds is 4. The fourth-order valence-electron chi connectivity index (χ4n) is 1.33. The van der Waals surface area contributed by atoms with E-state index in [1.54, 1.807) is 12.3 Å². The third-order valence-corrected chi connectivity index (χ3v) is 2.06. The first kappa shape index (κ1) is 10.4. The highest BCUT2D eigenvalue weighted by atomic mass is 15.3. The standard InChI is InChI=1S/C10H14N6/c1-8-6-14-16(7-8)5-4-13-10-12-3-2-9(11)15-10/h2-3,6-7H,4-5H2,1H3,(H3,11,12,13,15). The van der Waals surface area contributed by atoms with E-state index in [1.165, 1.54) is 0 Å². The van der Waals surface area contributed by atoms with E-state index in [1.807, 2.05) is 24.0 Å². The van der Waals surface area contributed by atoms with Crippen LogP contribution in [0, 0.1) is 6.92 Å². The van der Waals surface area contributed by atoms with Gasteiger partial charge in [0.2, 0.25) is 5.95 Å². The van der Waals surface area contributed by atoms with Crippen molar-refractivity contribution in [1.82, 2.24) is 19.7 Å². The van der Waals surface area contributed by atoms with Gasteiger partial charge in [0.25, 0.3) is 0 Å². The molecule has 0 radical (unpaired) electrons. The fraction of sp³-hybridized carbons (Fsp3) is 0.300. The molecular weight excluding hydrogens is 204 g/mol. The van der Waals surface area contributed by atoms with Crippen molar-refractivity contribution < 1.29 is 0 Å². The van der Waals surface area contributed by atoms with Crippen molar-refractivity contribution in [1.29, 1.82) is 0 Å². The maximum absolute atomic E-state index is 5.54. The lowest BCUT2D eigenvalue weighted by Gasteiger charge is -2.04. The quantitative estimate of drug-likeness (QED) is 0.788. The minimum Gasteiger partial charge on any atom is -0.384 e. The zero-order valence-electron chi connectivity index (χ0n) is 9.09. The molecule has 84 valence electrons. The molecule has 16 heavy (non-hydrogen) atoms. The molecule has 0 saturated carbocycles. The summed E-state index contributed by atoms with van der Waals surface area (Å²) < 4.78 is 1.87.